The van der Waals surface area contributed by atoms with Gasteiger partial charge in [-0.2, -0.15) is 17.6 Å². The lowest BCUT2D eigenvalue weighted by atomic mass is 9.99. The zero-order valence-electron chi connectivity index (χ0n) is 18.5. The highest BCUT2D eigenvalue weighted by Gasteiger charge is 2.63. The van der Waals surface area contributed by atoms with Crippen LogP contribution in [0.1, 0.15) is 6.42 Å². The van der Waals surface area contributed by atoms with Crippen molar-refractivity contribution >= 4 is 23.2 Å². The second-order valence-corrected chi connectivity index (χ2v) is 7.58. The van der Waals surface area contributed by atoms with Crippen LogP contribution in [-0.2, 0) is 14.3 Å². The molecule has 1 aromatic heterocycles. The Morgan fingerprint density at radius 2 is 1.97 bits per heavy atom. The van der Waals surface area contributed by atoms with Crippen molar-refractivity contribution in [2.75, 3.05) is 37.6 Å². The lowest BCUT2D eigenvalue weighted by Gasteiger charge is -2.31. The smallest absolute Gasteiger partial charge is 0.419 e. The number of hydrogen-bond donors (Lipinski definition) is 2. The molecule has 0 bridgehead atoms. The first-order valence-corrected chi connectivity index (χ1v) is 10.0. The van der Waals surface area contributed by atoms with E-state index in [-0.39, 0.29) is 17.3 Å². The highest BCUT2D eigenvalue weighted by Crippen LogP contribution is 2.47. The minimum atomic E-state index is -4.90. The summed E-state index contributed by atoms with van der Waals surface area (Å²) >= 11 is 0. The van der Waals surface area contributed by atoms with Gasteiger partial charge in [-0.15, -0.1) is 0 Å². The molecule has 35 heavy (non-hydrogen) atoms. The number of alkyl halides is 3. The third-order valence-electron chi connectivity index (χ3n) is 5.44. The number of nitrogens with one attached hydrogen (secondary N) is 1. The lowest BCUT2D eigenvalue weighted by molar-refractivity contribution is -0.261. The molecule has 9 nitrogen and oxygen atoms in total. The van der Waals surface area contributed by atoms with Gasteiger partial charge in [0, 0.05) is 31.5 Å². The number of methoxy groups -OCH3 is 2. The summed E-state index contributed by atoms with van der Waals surface area (Å²) in [7, 11) is 1.87. The zero-order chi connectivity index (χ0) is 26.0. The molecule has 190 valence electrons. The molecular weight excluding hydrogens is 483 g/mol. The summed E-state index contributed by atoms with van der Waals surface area (Å²) in [6.45, 7) is -1.38. The van der Waals surface area contributed by atoms with Crippen LogP contribution < -0.4 is 25.4 Å². The Balaban J connectivity index is 1.98. The topological polar surface area (TPSA) is 116 Å². The standard InChI is InChI=1S/C21H21F5N4O5/c1-33-18-13(4-3-12(22)17(18)23)30-10-20(34-2,21(24,25)26)8-14(30)19(32)29-11-5-6-28-16(7-11)35-9-15(27)31/h3-7,14H,8-10H2,1-2H3,(H2,27,31)(H,28,29,32). The summed E-state index contributed by atoms with van der Waals surface area (Å²) in [6.07, 6.45) is -4.52. The predicted octanol–water partition coefficient (Wildman–Crippen LogP) is 2.40. The maximum absolute atomic E-state index is 14.3. The van der Waals surface area contributed by atoms with Crippen molar-refractivity contribution in [2.45, 2.75) is 24.2 Å². The van der Waals surface area contributed by atoms with Crippen molar-refractivity contribution in [2.24, 2.45) is 5.73 Å². The van der Waals surface area contributed by atoms with Gasteiger partial charge in [0.25, 0.3) is 5.91 Å². The van der Waals surface area contributed by atoms with Crippen molar-refractivity contribution in [3.05, 3.63) is 42.1 Å². The first-order chi connectivity index (χ1) is 16.4. The van der Waals surface area contributed by atoms with Crippen LogP contribution in [0.2, 0.25) is 0 Å². The highest BCUT2D eigenvalue weighted by atomic mass is 19.4. The predicted molar refractivity (Wildman–Crippen MR) is 112 cm³/mol. The number of amides is 2. The lowest BCUT2D eigenvalue weighted by Crippen LogP contribution is -2.49. The molecule has 1 fully saturated rings. The van der Waals surface area contributed by atoms with E-state index in [0.717, 1.165) is 25.2 Å². The Labute approximate surface area is 195 Å². The van der Waals surface area contributed by atoms with Crippen molar-refractivity contribution in [1.82, 2.24) is 4.98 Å². The van der Waals surface area contributed by atoms with Crippen molar-refractivity contribution in [3.8, 4) is 11.6 Å². The first kappa shape index (κ1) is 25.9. The minimum absolute atomic E-state index is 0.0753. The second kappa shape index (κ2) is 9.90. The van der Waals surface area contributed by atoms with E-state index in [0.29, 0.717) is 6.07 Å². The van der Waals surface area contributed by atoms with Gasteiger partial charge in [0.05, 0.1) is 19.3 Å². The largest absolute Gasteiger partial charge is 0.491 e. The molecule has 1 aliphatic heterocycles. The Morgan fingerprint density at radius 1 is 1.26 bits per heavy atom. The van der Waals surface area contributed by atoms with Gasteiger partial charge in [0.1, 0.15) is 6.04 Å². The van der Waals surface area contributed by atoms with Crippen LogP contribution in [0.25, 0.3) is 0 Å². The first-order valence-electron chi connectivity index (χ1n) is 10.0. The zero-order valence-corrected chi connectivity index (χ0v) is 18.5. The Morgan fingerprint density at radius 3 is 2.57 bits per heavy atom. The summed E-state index contributed by atoms with van der Waals surface area (Å²) in [5.41, 5.74) is 2.04. The van der Waals surface area contributed by atoms with Crippen LogP contribution in [0.5, 0.6) is 11.6 Å². The Kier molecular flexibility index (Phi) is 7.33. The Hall–Kier alpha value is -3.68. The number of nitrogens with zero attached hydrogens (tertiary/aromatic N) is 2. The van der Waals surface area contributed by atoms with Gasteiger partial charge in [0.15, 0.2) is 23.8 Å². The molecule has 2 atom stereocenters. The van der Waals surface area contributed by atoms with Crippen LogP contribution >= 0.6 is 0 Å². The third-order valence-corrected chi connectivity index (χ3v) is 5.44. The number of aromatic nitrogens is 1. The quantitative estimate of drug-likeness (QED) is 0.531. The van der Waals surface area contributed by atoms with Gasteiger partial charge in [-0.05, 0) is 18.2 Å². The molecule has 3 N–H and O–H groups in total. The van der Waals surface area contributed by atoms with Crippen molar-refractivity contribution in [1.29, 1.82) is 0 Å². The number of benzene rings is 1. The molecular formula is C21H21F5N4O5. The number of pyridine rings is 1. The summed E-state index contributed by atoms with van der Waals surface area (Å²) < 4.78 is 84.8. The molecule has 2 unspecified atom stereocenters. The van der Waals surface area contributed by atoms with Gasteiger partial charge >= 0.3 is 6.18 Å². The average Bonchev–Trinajstić information content (AvgIpc) is 3.21. The fourth-order valence-corrected chi connectivity index (χ4v) is 3.71. The maximum Gasteiger partial charge on any atom is 0.419 e. The van der Waals surface area contributed by atoms with Crippen molar-refractivity contribution in [3.63, 3.8) is 0 Å². The molecule has 0 spiro atoms. The highest BCUT2D eigenvalue weighted by molar-refractivity contribution is 5.98. The molecule has 0 aliphatic carbocycles. The fourth-order valence-electron chi connectivity index (χ4n) is 3.71. The minimum Gasteiger partial charge on any atom is -0.491 e. The van der Waals surface area contributed by atoms with Gasteiger partial charge in [0.2, 0.25) is 17.6 Å². The average molecular weight is 504 g/mol. The van der Waals surface area contributed by atoms with E-state index in [1.54, 1.807) is 0 Å². The number of anilines is 2. The molecule has 2 aromatic rings. The fraction of sp³-hybridized carbons (Fsp3) is 0.381. The maximum atomic E-state index is 14.3. The number of halogens is 5. The molecule has 14 heteroatoms. The monoisotopic (exact) mass is 504 g/mol. The van der Waals surface area contributed by atoms with Crippen LogP contribution in [0, 0.1) is 11.6 Å². The number of hydrogen-bond acceptors (Lipinski definition) is 7. The molecule has 1 aliphatic rings. The van der Waals surface area contributed by atoms with E-state index in [2.05, 4.69) is 10.3 Å². The number of primary amides is 1. The van der Waals surface area contributed by atoms with E-state index >= 15 is 0 Å². The Bertz CT molecular complexity index is 1120. The van der Waals surface area contributed by atoms with Gasteiger partial charge in [-0.25, -0.2) is 9.37 Å². The van der Waals surface area contributed by atoms with Crippen LogP contribution in [-0.4, -0.2) is 62.0 Å². The number of carbonyl (C=O) groups excluding carboxylic acids is 2. The third kappa shape index (κ3) is 5.21. The summed E-state index contributed by atoms with van der Waals surface area (Å²) in [6, 6.07) is 2.76. The number of rotatable bonds is 8. The normalized spacial score (nSPS) is 20.0. The number of nitrogens with two attached hydrogens (primary N) is 1. The van der Waals surface area contributed by atoms with E-state index in [1.165, 1.54) is 18.3 Å². The van der Waals surface area contributed by atoms with Gasteiger partial charge < -0.3 is 30.2 Å². The SMILES string of the molecule is COc1c(N2CC(OC)(C(F)(F)F)CC2C(=O)Nc2ccnc(OCC(N)=O)c2)ccc(F)c1F. The van der Waals surface area contributed by atoms with E-state index < -0.39 is 66.6 Å². The molecule has 2 amide bonds. The molecule has 1 saturated heterocycles. The molecule has 3 rings (SSSR count). The summed E-state index contributed by atoms with van der Waals surface area (Å²) in [4.78, 5) is 28.8. The van der Waals surface area contributed by atoms with Gasteiger partial charge in [-0.1, -0.05) is 0 Å². The van der Waals surface area contributed by atoms with E-state index in [4.69, 9.17) is 19.9 Å². The van der Waals surface area contributed by atoms with Crippen molar-refractivity contribution < 1.29 is 45.8 Å². The van der Waals surface area contributed by atoms with E-state index in [1.807, 2.05) is 0 Å². The van der Waals surface area contributed by atoms with Crippen LogP contribution in [0.15, 0.2) is 30.5 Å². The van der Waals surface area contributed by atoms with E-state index in [9.17, 15) is 31.5 Å². The summed E-state index contributed by atoms with van der Waals surface area (Å²) in [5.74, 6) is -5.12. The second-order valence-electron chi connectivity index (χ2n) is 7.58. The van der Waals surface area contributed by atoms with Crippen LogP contribution in [0.4, 0.5) is 33.3 Å². The molecule has 2 heterocycles. The molecule has 0 saturated carbocycles. The molecule has 1 aromatic carbocycles. The van der Waals surface area contributed by atoms with Gasteiger partial charge in [-0.3, -0.25) is 9.59 Å². The molecule has 0 radical (unpaired) electrons. The summed E-state index contributed by atoms with van der Waals surface area (Å²) in [5, 5.41) is 2.44. The number of carbonyl (C=O) groups is 2. The van der Waals surface area contributed by atoms with Crippen LogP contribution in [0.3, 0.4) is 0 Å². The number of ether oxygens (including phenoxy) is 3.